The lowest BCUT2D eigenvalue weighted by Gasteiger charge is -2.21. The van der Waals surface area contributed by atoms with Gasteiger partial charge in [-0.1, -0.05) is 122 Å². The number of nitrogens with zero attached hydrogens (tertiary/aromatic N) is 15. The van der Waals surface area contributed by atoms with E-state index >= 15 is 0 Å². The van der Waals surface area contributed by atoms with Crippen LogP contribution in [0, 0.1) is 20.2 Å². The van der Waals surface area contributed by atoms with E-state index < -0.39 is 9.85 Å². The van der Waals surface area contributed by atoms with E-state index in [-0.39, 0.29) is 27.4 Å². The molecule has 0 atom stereocenters. The van der Waals surface area contributed by atoms with E-state index in [0.717, 1.165) is 120 Å². The number of pyridine rings is 6. The minimum absolute atomic E-state index is 0.0637. The molecule has 7 N–H and O–H groups in total. The molecule has 0 amide bonds. The maximum absolute atomic E-state index is 10.5. The van der Waals surface area contributed by atoms with E-state index in [0.29, 0.717) is 28.2 Å². The number of hydrogen-bond acceptors (Lipinski definition) is 20. The van der Waals surface area contributed by atoms with Crippen molar-refractivity contribution in [1.29, 1.82) is 0 Å². The predicted molar refractivity (Wildman–Crippen MR) is 398 cm³/mol. The van der Waals surface area contributed by atoms with Crippen molar-refractivity contribution in [3.05, 3.63) is 223 Å². The summed E-state index contributed by atoms with van der Waals surface area (Å²) in [7, 11) is 3.40. The number of imidazole rings is 3. The highest BCUT2D eigenvalue weighted by Gasteiger charge is 2.17. The summed E-state index contributed by atoms with van der Waals surface area (Å²) in [4.78, 5) is 58.7. The molecule has 0 bridgehead atoms. The van der Waals surface area contributed by atoms with Crippen molar-refractivity contribution in [2.45, 2.75) is 94.3 Å². The zero-order valence-electron chi connectivity index (χ0n) is 56.2. The maximum atomic E-state index is 10.5. The number of rotatable bonds is 17. The molecule has 0 radical (unpaired) electrons. The third-order valence-electron chi connectivity index (χ3n) is 14.6. The zero-order valence-corrected chi connectivity index (χ0v) is 59.2. The van der Waals surface area contributed by atoms with Crippen molar-refractivity contribution in [2.24, 2.45) is 0 Å². The van der Waals surface area contributed by atoms with Gasteiger partial charge in [0.25, 0.3) is 0 Å². The van der Waals surface area contributed by atoms with Gasteiger partial charge in [0.15, 0.2) is 0 Å². The van der Waals surface area contributed by atoms with Crippen LogP contribution >= 0.6 is 46.4 Å². The molecule has 0 saturated carbocycles. The van der Waals surface area contributed by atoms with E-state index in [1.807, 2.05) is 73.8 Å². The first-order valence-electron chi connectivity index (χ1n) is 31.4. The molecule has 9 heterocycles. The average molecular weight is 1410 g/mol. The van der Waals surface area contributed by atoms with E-state index in [4.69, 9.17) is 62.6 Å². The lowest BCUT2D eigenvalue weighted by atomic mass is 10.1. The molecule has 12 aromatic rings. The van der Waals surface area contributed by atoms with Gasteiger partial charge in [0.05, 0.1) is 88.7 Å². The molecule has 0 unspecified atom stereocenters. The van der Waals surface area contributed by atoms with Crippen LogP contribution in [0.15, 0.2) is 165 Å². The lowest BCUT2D eigenvalue weighted by Crippen LogP contribution is -2.13. The average Bonchev–Trinajstić information content (AvgIpc) is 1.65. The predicted octanol–water partition coefficient (Wildman–Crippen LogP) is 17.0. The minimum atomic E-state index is -0.581. The van der Waals surface area contributed by atoms with E-state index in [2.05, 4.69) is 184 Å². The van der Waals surface area contributed by atoms with Crippen LogP contribution in [0.2, 0.25) is 20.6 Å². The smallest absolute Gasteiger partial charge is 0.329 e. The number of hydrogen-bond donors (Lipinski definition) is 5. The summed E-state index contributed by atoms with van der Waals surface area (Å²) in [6, 6.07) is 35.1. The molecule has 25 nitrogen and oxygen atoms in total. The monoisotopic (exact) mass is 1410 g/mol. The fourth-order valence-electron chi connectivity index (χ4n) is 9.45. The lowest BCUT2D eigenvalue weighted by molar-refractivity contribution is -0.386. The van der Waals surface area contributed by atoms with Gasteiger partial charge in [0, 0.05) is 93.2 Å². The second kappa shape index (κ2) is 38.9. The first-order valence-corrected chi connectivity index (χ1v) is 32.9. The maximum Gasteiger partial charge on any atom is 0.329 e. The van der Waals surface area contributed by atoms with Crippen LogP contribution in [0.4, 0.5) is 57.1 Å². The third-order valence-corrected chi connectivity index (χ3v) is 15.4. The number of anilines is 8. The largest absolute Gasteiger partial charge is 0.490 e. The molecule has 29 heteroatoms. The Morgan fingerprint density at radius 3 is 1.47 bits per heavy atom. The second-order valence-electron chi connectivity index (χ2n) is 20.8. The fourth-order valence-corrected chi connectivity index (χ4v) is 10.1. The van der Waals surface area contributed by atoms with Crippen LogP contribution < -0.4 is 37.1 Å². The number of halogens is 4. The highest BCUT2D eigenvalue weighted by atomic mass is 35.5. The summed E-state index contributed by atoms with van der Waals surface area (Å²) in [5, 5.41) is 31.5. The molecule has 3 aromatic carbocycles. The van der Waals surface area contributed by atoms with Crippen LogP contribution in [-0.2, 0) is 38.9 Å². The Kier molecular flexibility index (Phi) is 30.4. The second-order valence-corrected chi connectivity index (χ2v) is 22.3. The summed E-state index contributed by atoms with van der Waals surface area (Å²) in [5.74, 6) is 1.91. The molecule has 0 aliphatic carbocycles. The topological polar surface area (TPSA) is 318 Å². The number of ether oxygens (including phenoxy) is 1. The van der Waals surface area contributed by atoms with Gasteiger partial charge < -0.3 is 50.8 Å². The van der Waals surface area contributed by atoms with Gasteiger partial charge in [0.2, 0.25) is 5.75 Å². The molecule has 0 aliphatic heterocycles. The minimum Gasteiger partial charge on any atom is -0.490 e. The van der Waals surface area contributed by atoms with Gasteiger partial charge in [-0.15, -0.1) is 0 Å². The van der Waals surface area contributed by atoms with Crippen molar-refractivity contribution < 1.29 is 14.6 Å². The number of aryl methyl sites for hydroxylation is 6. The number of fused-ring (bicyclic) bond motifs is 3. The number of benzene rings is 3. The first kappa shape index (κ1) is 76.5. The molecular formula is C69H80Cl4N20O5. The molecule has 0 aliphatic rings. The van der Waals surface area contributed by atoms with Gasteiger partial charge >= 0.3 is 11.4 Å². The first-order chi connectivity index (χ1) is 47.2. The van der Waals surface area contributed by atoms with E-state index in [1.165, 1.54) is 41.6 Å². The van der Waals surface area contributed by atoms with Crippen molar-refractivity contribution in [3.63, 3.8) is 0 Å². The molecule has 0 fully saturated rings. The Labute approximate surface area is 588 Å². The van der Waals surface area contributed by atoms with Gasteiger partial charge in [-0.25, -0.2) is 44.9 Å². The number of nitrogens with one attached hydrogen (secondary N) is 3. The Balaban J connectivity index is 0.000000184. The number of nitrogen functional groups attached to an aromatic ring is 2. The number of nitrogens with two attached hydrogens (primary N) is 2. The SMILES string of the molecule is CCNc1cc(Cl)ncc1N.CCNc1cc(Cl)ncc1[N+](=O)[O-].CCc1ccccc1N.CCc1ccccc1N(C)c1cc2c(cn1)ncn2CC.CCc1ccccc1Nc1cc2c(cn1)ncn2CC.CCn1cnc2cnc(Cl)cc21.COc1cc(Cl)ncc1[N+](=O)[O-]. The Morgan fingerprint density at radius 1 is 0.480 bits per heavy atom. The molecular weight excluding hydrogens is 1330 g/mol. The Morgan fingerprint density at radius 2 is 0.929 bits per heavy atom. The van der Waals surface area contributed by atoms with Gasteiger partial charge in [-0.05, 0) is 88.8 Å². The summed E-state index contributed by atoms with van der Waals surface area (Å²) < 4.78 is 11.0. The van der Waals surface area contributed by atoms with Crippen molar-refractivity contribution in [1.82, 2.24) is 58.6 Å². The van der Waals surface area contributed by atoms with Gasteiger partial charge in [0.1, 0.15) is 66.9 Å². The van der Waals surface area contributed by atoms with Crippen molar-refractivity contribution in [2.75, 3.05) is 59.6 Å². The van der Waals surface area contributed by atoms with Crippen LogP contribution in [0.25, 0.3) is 33.1 Å². The zero-order chi connectivity index (χ0) is 71.3. The number of nitro groups is 2. The molecule has 12 rings (SSSR count). The fraction of sp³-hybridized carbons (Fsp3) is 0.261. The molecule has 98 heavy (non-hydrogen) atoms. The normalized spacial score (nSPS) is 10.3. The highest BCUT2D eigenvalue weighted by Crippen LogP contribution is 2.31. The Hall–Kier alpha value is -10.5. The number of para-hydroxylation sites is 3. The van der Waals surface area contributed by atoms with Crippen molar-refractivity contribution in [3.8, 4) is 5.75 Å². The molecule has 0 spiro atoms. The van der Waals surface area contributed by atoms with Crippen LogP contribution in [0.5, 0.6) is 5.75 Å². The van der Waals surface area contributed by atoms with Crippen LogP contribution in [0.3, 0.4) is 0 Å². The summed E-state index contributed by atoms with van der Waals surface area (Å²) in [6.07, 6.45) is 17.6. The van der Waals surface area contributed by atoms with Gasteiger partial charge in [-0.2, -0.15) is 0 Å². The summed E-state index contributed by atoms with van der Waals surface area (Å²) in [6.45, 7) is 20.7. The molecule has 514 valence electrons. The summed E-state index contributed by atoms with van der Waals surface area (Å²) in [5.41, 5.74) is 25.9. The molecule has 9 aromatic heterocycles. The quantitative estimate of drug-likeness (QED) is 0.0245. The Bertz CT molecular complexity index is 4530. The van der Waals surface area contributed by atoms with E-state index in [9.17, 15) is 20.2 Å². The van der Waals surface area contributed by atoms with Gasteiger partial charge in [-0.3, -0.25) is 20.2 Å². The molecule has 0 saturated heterocycles. The standard InChI is InChI=1S/C17H20N4.C16H18N4.C8H8ClN3.C8H11N.C7H8ClN3O2.C7H10ClN3.C6H5ClN2O3/c1-4-13-8-6-7-9-15(13)20(3)17-10-16-14(11-18-17)19-12-21(16)5-2;1-3-12-7-5-6-8-13(12)19-16-9-15-14(10-17-16)18-11-20(15)4-2;1-2-12-5-11-6-4-10-8(9)3-7(6)12;1-2-7-5-3-4-6-8(7)9;1-2-9-5-3-7(8)10-4-6(5)11(12)13;1-2-10-6-3-7(8)11-4-5(6)9;1-12-5-2-6(7)8-3-4(5)9(10)11/h6-12H,4-5H2,1-3H3;5-11H,3-4H2,1-2H3,(H,17,19);3-5H,2H2,1H3;3-6H,2,9H2,1H3;3-4H,2H2,1H3,(H,9,10);3-4H,2,9H2,1H3,(H,10,11);2-3H,1H3. The highest BCUT2D eigenvalue weighted by molar-refractivity contribution is 6.30. The van der Waals surface area contributed by atoms with Crippen molar-refractivity contribution >= 4 is 137 Å². The van der Waals surface area contributed by atoms with E-state index in [1.54, 1.807) is 24.8 Å². The van der Waals surface area contributed by atoms with Crippen LogP contribution in [-0.4, -0.2) is 95.7 Å². The van der Waals surface area contributed by atoms with Crippen LogP contribution in [0.1, 0.15) is 72.1 Å². The summed E-state index contributed by atoms with van der Waals surface area (Å²) >= 11 is 22.5. The number of aromatic nitrogens is 12. The number of methoxy groups -OCH3 is 1. The third kappa shape index (κ3) is 21.8.